The molecule has 126 valence electrons. The van der Waals surface area contributed by atoms with E-state index < -0.39 is 6.04 Å². The van der Waals surface area contributed by atoms with E-state index in [0.29, 0.717) is 23.7 Å². The molecule has 1 saturated heterocycles. The number of likely N-dealkylation sites (N-methyl/N-ethyl adjacent to an activating group) is 1. The molecule has 0 bridgehead atoms. The Morgan fingerprint density at radius 3 is 2.30 bits per heavy atom. The number of carbonyl (C=O) groups is 2. The Morgan fingerprint density at radius 1 is 1.13 bits per heavy atom. The fourth-order valence-corrected chi connectivity index (χ4v) is 2.82. The molecule has 0 radical (unpaired) electrons. The van der Waals surface area contributed by atoms with E-state index in [1.165, 1.54) is 0 Å². The first-order valence-electron chi connectivity index (χ1n) is 7.93. The van der Waals surface area contributed by atoms with Crippen LogP contribution in [0, 0.1) is 5.92 Å². The molecule has 2 amide bonds. The lowest BCUT2D eigenvalue weighted by atomic mass is 10.0. The number of nitrogens with zero attached hydrogens (tertiary/aromatic N) is 2. The van der Waals surface area contributed by atoms with E-state index in [-0.39, 0.29) is 17.7 Å². The normalized spacial score (nSPS) is 17.2. The fraction of sp³-hybridized carbons (Fsp3) is 0.529. The zero-order valence-electron chi connectivity index (χ0n) is 13.9. The number of piperazine rings is 1. The summed E-state index contributed by atoms with van der Waals surface area (Å²) in [5, 5.41) is 3.24. The first-order valence-corrected chi connectivity index (χ1v) is 8.30. The van der Waals surface area contributed by atoms with Crippen LogP contribution in [0.3, 0.4) is 0 Å². The number of amides is 2. The van der Waals surface area contributed by atoms with E-state index in [1.54, 1.807) is 24.3 Å². The van der Waals surface area contributed by atoms with Crippen molar-refractivity contribution in [1.82, 2.24) is 15.1 Å². The van der Waals surface area contributed by atoms with Gasteiger partial charge in [0.05, 0.1) is 10.6 Å². The third kappa shape index (κ3) is 4.45. The van der Waals surface area contributed by atoms with E-state index in [9.17, 15) is 9.59 Å². The van der Waals surface area contributed by atoms with Crippen molar-refractivity contribution in [3.05, 3.63) is 34.9 Å². The highest BCUT2D eigenvalue weighted by Crippen LogP contribution is 2.16. The summed E-state index contributed by atoms with van der Waals surface area (Å²) in [6.45, 7) is 6.97. The summed E-state index contributed by atoms with van der Waals surface area (Å²) in [5.41, 5.74) is 0.394. The Kier molecular flexibility index (Phi) is 6.02. The van der Waals surface area contributed by atoms with E-state index in [4.69, 9.17) is 11.6 Å². The molecule has 1 N–H and O–H groups in total. The standard InChI is InChI=1S/C17H24ClN3O2/c1-12(2)15(17(23)21-10-8-20(3)9-11-21)19-16(22)13-6-4-5-7-14(13)18/h4-7,12,15H,8-11H2,1-3H3,(H,19,22). The predicted octanol–water partition coefficient (Wildman–Crippen LogP) is 1.87. The minimum Gasteiger partial charge on any atom is -0.340 e. The molecular formula is C17H24ClN3O2. The molecule has 6 heteroatoms. The number of rotatable bonds is 4. The number of hydrogen-bond acceptors (Lipinski definition) is 3. The van der Waals surface area contributed by atoms with Gasteiger partial charge in [0, 0.05) is 26.2 Å². The van der Waals surface area contributed by atoms with Crippen molar-refractivity contribution < 1.29 is 9.59 Å². The predicted molar refractivity (Wildman–Crippen MR) is 91.6 cm³/mol. The van der Waals surface area contributed by atoms with Crippen LogP contribution in [-0.2, 0) is 4.79 Å². The van der Waals surface area contributed by atoms with Gasteiger partial charge in [-0.1, -0.05) is 37.6 Å². The molecule has 0 aliphatic carbocycles. The molecule has 23 heavy (non-hydrogen) atoms. The number of carbonyl (C=O) groups excluding carboxylic acids is 2. The molecule has 1 atom stereocenters. The molecule has 5 nitrogen and oxygen atoms in total. The molecule has 1 aromatic carbocycles. The highest BCUT2D eigenvalue weighted by Gasteiger charge is 2.30. The van der Waals surface area contributed by atoms with Gasteiger partial charge in [0.2, 0.25) is 5.91 Å². The highest BCUT2D eigenvalue weighted by molar-refractivity contribution is 6.33. The van der Waals surface area contributed by atoms with Gasteiger partial charge in [0.25, 0.3) is 5.91 Å². The maximum atomic E-state index is 12.8. The van der Waals surface area contributed by atoms with Crippen molar-refractivity contribution in [2.75, 3.05) is 33.2 Å². The summed E-state index contributed by atoms with van der Waals surface area (Å²) in [5.74, 6) is -0.320. The van der Waals surface area contributed by atoms with Gasteiger partial charge in [-0.3, -0.25) is 9.59 Å². The SMILES string of the molecule is CC(C)C(NC(=O)c1ccccc1Cl)C(=O)N1CCN(C)CC1. The fourth-order valence-electron chi connectivity index (χ4n) is 2.60. The van der Waals surface area contributed by atoms with Crippen LogP contribution in [0.15, 0.2) is 24.3 Å². The van der Waals surface area contributed by atoms with Gasteiger partial charge in [-0.15, -0.1) is 0 Å². The molecule has 1 heterocycles. The van der Waals surface area contributed by atoms with Crippen molar-refractivity contribution in [3.63, 3.8) is 0 Å². The zero-order valence-corrected chi connectivity index (χ0v) is 14.6. The van der Waals surface area contributed by atoms with Gasteiger partial charge < -0.3 is 15.1 Å². The van der Waals surface area contributed by atoms with Crippen LogP contribution >= 0.6 is 11.6 Å². The van der Waals surface area contributed by atoms with Crippen LogP contribution in [0.25, 0.3) is 0 Å². The van der Waals surface area contributed by atoms with Crippen LogP contribution in [0.2, 0.25) is 5.02 Å². The minimum absolute atomic E-state index is 0.00796. The van der Waals surface area contributed by atoms with Crippen molar-refractivity contribution in [2.24, 2.45) is 5.92 Å². The highest BCUT2D eigenvalue weighted by atomic mass is 35.5. The second-order valence-corrected chi connectivity index (χ2v) is 6.71. The van der Waals surface area contributed by atoms with Crippen LogP contribution in [0.4, 0.5) is 0 Å². The molecule has 1 aliphatic heterocycles. The largest absolute Gasteiger partial charge is 0.340 e. The van der Waals surface area contributed by atoms with Gasteiger partial charge in [0.1, 0.15) is 6.04 Å². The molecule has 1 aromatic rings. The van der Waals surface area contributed by atoms with Gasteiger partial charge in [0.15, 0.2) is 0 Å². The summed E-state index contributed by atoms with van der Waals surface area (Å²) in [7, 11) is 2.04. The lowest BCUT2D eigenvalue weighted by Crippen LogP contribution is -2.55. The number of halogens is 1. The Labute approximate surface area is 142 Å². The van der Waals surface area contributed by atoms with Gasteiger partial charge in [-0.05, 0) is 25.1 Å². The van der Waals surface area contributed by atoms with E-state index in [2.05, 4.69) is 10.2 Å². The maximum Gasteiger partial charge on any atom is 0.253 e. The quantitative estimate of drug-likeness (QED) is 0.912. The zero-order chi connectivity index (χ0) is 17.0. The minimum atomic E-state index is -0.540. The lowest BCUT2D eigenvalue weighted by molar-refractivity contribution is -0.135. The van der Waals surface area contributed by atoms with Crippen molar-refractivity contribution in [2.45, 2.75) is 19.9 Å². The monoisotopic (exact) mass is 337 g/mol. The van der Waals surface area contributed by atoms with Crippen molar-refractivity contribution in [1.29, 1.82) is 0 Å². The second-order valence-electron chi connectivity index (χ2n) is 6.30. The summed E-state index contributed by atoms with van der Waals surface area (Å²) >= 11 is 6.06. The first-order chi connectivity index (χ1) is 10.9. The second kappa shape index (κ2) is 7.79. The smallest absolute Gasteiger partial charge is 0.253 e. The number of hydrogen-bond donors (Lipinski definition) is 1. The number of benzene rings is 1. The van der Waals surface area contributed by atoms with E-state index >= 15 is 0 Å². The van der Waals surface area contributed by atoms with E-state index in [1.807, 2.05) is 25.8 Å². The van der Waals surface area contributed by atoms with Crippen LogP contribution in [0.1, 0.15) is 24.2 Å². The van der Waals surface area contributed by atoms with Crippen molar-refractivity contribution in [3.8, 4) is 0 Å². The topological polar surface area (TPSA) is 52.7 Å². The Balaban J connectivity index is 2.08. The summed E-state index contributed by atoms with van der Waals surface area (Å²) < 4.78 is 0. The third-order valence-corrected chi connectivity index (χ3v) is 4.48. The molecule has 1 fully saturated rings. The van der Waals surface area contributed by atoms with Crippen molar-refractivity contribution >= 4 is 23.4 Å². The van der Waals surface area contributed by atoms with Gasteiger partial charge in [-0.2, -0.15) is 0 Å². The molecule has 1 unspecified atom stereocenters. The Bertz CT molecular complexity index is 569. The van der Waals surface area contributed by atoms with Crippen LogP contribution in [0.5, 0.6) is 0 Å². The molecule has 2 rings (SSSR count). The Morgan fingerprint density at radius 2 is 1.74 bits per heavy atom. The Hall–Kier alpha value is -1.59. The van der Waals surface area contributed by atoms with E-state index in [0.717, 1.165) is 13.1 Å². The first kappa shape index (κ1) is 17.8. The van der Waals surface area contributed by atoms with Gasteiger partial charge in [-0.25, -0.2) is 0 Å². The summed E-state index contributed by atoms with van der Waals surface area (Å²) in [6, 6.07) is 6.32. The summed E-state index contributed by atoms with van der Waals surface area (Å²) in [6.07, 6.45) is 0. The molecule has 0 saturated carbocycles. The average molecular weight is 338 g/mol. The third-order valence-electron chi connectivity index (χ3n) is 4.15. The van der Waals surface area contributed by atoms with Crippen LogP contribution < -0.4 is 5.32 Å². The maximum absolute atomic E-state index is 12.8. The molecule has 1 aliphatic rings. The molecule has 0 spiro atoms. The average Bonchev–Trinajstić information content (AvgIpc) is 2.52. The molecule has 0 aromatic heterocycles. The van der Waals surface area contributed by atoms with Crippen LogP contribution in [-0.4, -0.2) is 60.9 Å². The molecular weight excluding hydrogens is 314 g/mol. The van der Waals surface area contributed by atoms with Gasteiger partial charge >= 0.3 is 0 Å². The lowest BCUT2D eigenvalue weighted by Gasteiger charge is -2.35. The number of nitrogens with one attached hydrogen (secondary N) is 1. The summed E-state index contributed by atoms with van der Waals surface area (Å²) in [4.78, 5) is 29.2.